The number of esters is 1. The minimum Gasteiger partial charge on any atom is -0.465 e. The highest BCUT2D eigenvalue weighted by atomic mass is 35.5. The molecule has 0 saturated heterocycles. The van der Waals surface area contributed by atoms with E-state index in [2.05, 4.69) is 4.74 Å². The second-order valence-electron chi connectivity index (χ2n) is 2.68. The zero-order chi connectivity index (χ0) is 11.4. The molecule has 0 aliphatic heterocycles. The fourth-order valence-electron chi connectivity index (χ4n) is 1.02. The number of carbonyl (C=O) groups excluding carboxylic acids is 3. The molecule has 1 rings (SSSR count). The summed E-state index contributed by atoms with van der Waals surface area (Å²) in [5.74, 6) is -1.42. The Hall–Kier alpha value is -1.68. The van der Waals surface area contributed by atoms with Crippen molar-refractivity contribution < 1.29 is 19.1 Å². The van der Waals surface area contributed by atoms with E-state index in [9.17, 15) is 14.4 Å². The van der Waals surface area contributed by atoms with Gasteiger partial charge in [-0.25, -0.2) is 4.79 Å². The summed E-state index contributed by atoms with van der Waals surface area (Å²) in [6.07, 6.45) is 0. The molecule has 0 radical (unpaired) electrons. The molecule has 0 fully saturated rings. The fraction of sp³-hybridized carbons (Fsp3) is 0.100. The highest BCUT2D eigenvalue weighted by molar-refractivity contribution is 6.83. The molecule has 0 N–H and O–H groups in total. The minimum absolute atomic E-state index is 0.0675. The maximum absolute atomic E-state index is 11.2. The van der Waals surface area contributed by atoms with Gasteiger partial charge in [-0.1, -0.05) is 12.1 Å². The van der Waals surface area contributed by atoms with Crippen LogP contribution in [0.4, 0.5) is 0 Å². The molecule has 0 saturated carbocycles. The topological polar surface area (TPSA) is 60.4 Å². The first-order valence-electron chi connectivity index (χ1n) is 3.99. The molecule has 0 amide bonds. The highest BCUT2D eigenvalue weighted by Gasteiger charge is 2.15. The van der Waals surface area contributed by atoms with Crippen molar-refractivity contribution in [3.8, 4) is 0 Å². The van der Waals surface area contributed by atoms with Crippen LogP contribution in [0.2, 0.25) is 0 Å². The van der Waals surface area contributed by atoms with Crippen LogP contribution in [-0.4, -0.2) is 24.1 Å². The summed E-state index contributed by atoms with van der Waals surface area (Å²) in [5, 5.41) is -1.09. The summed E-state index contributed by atoms with van der Waals surface area (Å²) in [7, 11) is 1.23. The van der Waals surface area contributed by atoms with Gasteiger partial charge in [0.05, 0.1) is 12.7 Å². The van der Waals surface area contributed by atoms with Crippen LogP contribution in [0.3, 0.4) is 0 Å². The standard InChI is InChI=1S/C10H7ClO4/c1-15-10(14)7-4-2-3-6(5-7)8(12)9(11)13/h2-5H,1H3. The van der Waals surface area contributed by atoms with Gasteiger partial charge in [0, 0.05) is 5.56 Å². The Labute approximate surface area is 90.8 Å². The lowest BCUT2D eigenvalue weighted by atomic mass is 10.1. The highest BCUT2D eigenvalue weighted by Crippen LogP contribution is 2.08. The van der Waals surface area contributed by atoms with Crippen molar-refractivity contribution in [2.24, 2.45) is 0 Å². The molecule has 4 nitrogen and oxygen atoms in total. The molecule has 0 spiro atoms. The zero-order valence-electron chi connectivity index (χ0n) is 7.82. The number of halogens is 1. The Bertz CT molecular complexity index is 425. The SMILES string of the molecule is COC(=O)c1cccc(C(=O)C(=O)Cl)c1. The van der Waals surface area contributed by atoms with Crippen LogP contribution in [-0.2, 0) is 9.53 Å². The number of ether oxygens (including phenoxy) is 1. The van der Waals surface area contributed by atoms with Gasteiger partial charge >= 0.3 is 5.97 Å². The van der Waals surface area contributed by atoms with Crippen LogP contribution in [0, 0.1) is 0 Å². The van der Waals surface area contributed by atoms with Gasteiger partial charge in [0.15, 0.2) is 0 Å². The predicted octanol–water partition coefficient (Wildman–Crippen LogP) is 1.42. The summed E-state index contributed by atoms with van der Waals surface area (Å²) in [6, 6.07) is 5.60. The van der Waals surface area contributed by atoms with E-state index in [0.717, 1.165) is 0 Å². The molecule has 0 aliphatic carbocycles. The molecule has 0 aliphatic rings. The Morgan fingerprint density at radius 1 is 1.20 bits per heavy atom. The fourth-order valence-corrected chi connectivity index (χ4v) is 1.13. The second-order valence-corrected chi connectivity index (χ2v) is 3.02. The van der Waals surface area contributed by atoms with E-state index in [1.807, 2.05) is 0 Å². The molecule has 0 unspecified atom stereocenters. The molecule has 15 heavy (non-hydrogen) atoms. The van der Waals surface area contributed by atoms with E-state index in [-0.39, 0.29) is 11.1 Å². The second kappa shape index (κ2) is 4.70. The van der Waals surface area contributed by atoms with Crippen molar-refractivity contribution in [1.29, 1.82) is 0 Å². The Morgan fingerprint density at radius 3 is 2.33 bits per heavy atom. The summed E-state index contributed by atoms with van der Waals surface area (Å²) >= 11 is 5.02. The van der Waals surface area contributed by atoms with E-state index in [1.54, 1.807) is 0 Å². The van der Waals surface area contributed by atoms with Crippen LogP contribution in [0.25, 0.3) is 0 Å². The van der Waals surface area contributed by atoms with Crippen molar-refractivity contribution in [2.75, 3.05) is 7.11 Å². The lowest BCUT2D eigenvalue weighted by molar-refractivity contribution is -0.108. The molecule has 0 aromatic heterocycles. The number of hydrogen-bond acceptors (Lipinski definition) is 4. The molecule has 1 aromatic rings. The smallest absolute Gasteiger partial charge is 0.337 e. The van der Waals surface area contributed by atoms with Crippen LogP contribution in [0.15, 0.2) is 24.3 Å². The first kappa shape index (κ1) is 11.4. The van der Waals surface area contributed by atoms with Crippen LogP contribution >= 0.6 is 11.6 Å². The molecule has 0 heterocycles. The van der Waals surface area contributed by atoms with Crippen molar-refractivity contribution in [3.05, 3.63) is 35.4 Å². The third-order valence-electron chi connectivity index (χ3n) is 1.72. The average molecular weight is 227 g/mol. The number of Topliss-reactive ketones (excluding diaryl/α,β-unsaturated/α-hetero) is 1. The van der Waals surface area contributed by atoms with Crippen LogP contribution in [0.5, 0.6) is 0 Å². The number of ketones is 1. The van der Waals surface area contributed by atoms with Crippen LogP contribution in [0.1, 0.15) is 20.7 Å². The number of hydrogen-bond donors (Lipinski definition) is 0. The third-order valence-corrected chi connectivity index (χ3v) is 1.90. The predicted molar refractivity (Wildman–Crippen MR) is 53.0 cm³/mol. The Balaban J connectivity index is 3.08. The number of carbonyl (C=O) groups is 3. The monoisotopic (exact) mass is 226 g/mol. The summed E-state index contributed by atoms with van der Waals surface area (Å²) in [6.45, 7) is 0. The van der Waals surface area contributed by atoms with Gasteiger partial charge in [0.1, 0.15) is 0 Å². The van der Waals surface area contributed by atoms with E-state index >= 15 is 0 Å². The van der Waals surface area contributed by atoms with Crippen molar-refractivity contribution in [1.82, 2.24) is 0 Å². The maximum atomic E-state index is 11.2. The van der Waals surface area contributed by atoms with Gasteiger partial charge in [0.25, 0.3) is 5.24 Å². The lowest BCUT2D eigenvalue weighted by Gasteiger charge is -2.00. The summed E-state index contributed by atoms with van der Waals surface area (Å²) in [4.78, 5) is 32.9. The Kier molecular flexibility index (Phi) is 3.57. The molecule has 1 aromatic carbocycles. The molecule has 78 valence electrons. The number of methoxy groups -OCH3 is 1. The third kappa shape index (κ3) is 2.63. The van der Waals surface area contributed by atoms with Crippen molar-refractivity contribution in [2.45, 2.75) is 0 Å². The van der Waals surface area contributed by atoms with E-state index in [0.29, 0.717) is 0 Å². The zero-order valence-corrected chi connectivity index (χ0v) is 8.58. The van der Waals surface area contributed by atoms with Gasteiger partial charge in [-0.2, -0.15) is 0 Å². The van der Waals surface area contributed by atoms with E-state index in [1.165, 1.54) is 31.4 Å². The number of rotatable bonds is 3. The molecule has 0 bridgehead atoms. The molecule has 0 atom stereocenters. The molecule has 5 heteroatoms. The minimum atomic E-state index is -1.09. The summed E-state index contributed by atoms with van der Waals surface area (Å²) in [5.41, 5.74) is 0.263. The van der Waals surface area contributed by atoms with Crippen molar-refractivity contribution in [3.63, 3.8) is 0 Å². The van der Waals surface area contributed by atoms with E-state index < -0.39 is 17.0 Å². The first-order valence-corrected chi connectivity index (χ1v) is 4.36. The van der Waals surface area contributed by atoms with Gasteiger partial charge in [0.2, 0.25) is 5.78 Å². The summed E-state index contributed by atoms with van der Waals surface area (Å²) < 4.78 is 4.46. The molecular weight excluding hydrogens is 220 g/mol. The Morgan fingerprint density at radius 2 is 1.80 bits per heavy atom. The lowest BCUT2D eigenvalue weighted by Crippen LogP contribution is -2.09. The van der Waals surface area contributed by atoms with Crippen molar-refractivity contribution >= 4 is 28.6 Å². The normalized spacial score (nSPS) is 9.47. The average Bonchev–Trinajstić information content (AvgIpc) is 2.27. The van der Waals surface area contributed by atoms with Gasteiger partial charge < -0.3 is 4.74 Å². The van der Waals surface area contributed by atoms with Gasteiger partial charge in [-0.15, -0.1) is 0 Å². The molecular formula is C10H7ClO4. The van der Waals surface area contributed by atoms with E-state index in [4.69, 9.17) is 11.6 Å². The van der Waals surface area contributed by atoms with Crippen LogP contribution < -0.4 is 0 Å². The maximum Gasteiger partial charge on any atom is 0.337 e. The first-order chi connectivity index (χ1) is 7.06. The largest absolute Gasteiger partial charge is 0.465 e. The van der Waals surface area contributed by atoms with Gasteiger partial charge in [-0.3, -0.25) is 9.59 Å². The van der Waals surface area contributed by atoms with Gasteiger partial charge in [-0.05, 0) is 23.7 Å². The number of benzene rings is 1. The quantitative estimate of drug-likeness (QED) is 0.339.